The lowest BCUT2D eigenvalue weighted by Crippen LogP contribution is -2.48. The van der Waals surface area contributed by atoms with E-state index in [9.17, 15) is 9.90 Å². The number of amides is 1. The van der Waals surface area contributed by atoms with Gasteiger partial charge >= 0.3 is 0 Å². The Bertz CT molecular complexity index is 1040. The summed E-state index contributed by atoms with van der Waals surface area (Å²) >= 11 is 1.55. The number of hydrogen-bond acceptors (Lipinski definition) is 5. The number of benzene rings is 2. The van der Waals surface area contributed by atoms with Gasteiger partial charge in [0.25, 0.3) is 5.91 Å². The Hall–Kier alpha value is -2.86. The van der Waals surface area contributed by atoms with Crippen LogP contribution in [0.2, 0.25) is 0 Å². The van der Waals surface area contributed by atoms with Crippen molar-refractivity contribution in [1.82, 2.24) is 4.90 Å². The van der Waals surface area contributed by atoms with Crippen molar-refractivity contribution in [2.24, 2.45) is 5.92 Å². The van der Waals surface area contributed by atoms with Crippen molar-refractivity contribution in [1.29, 1.82) is 0 Å². The molecule has 5 nitrogen and oxygen atoms in total. The van der Waals surface area contributed by atoms with Crippen molar-refractivity contribution in [3.05, 3.63) is 71.2 Å². The molecule has 2 aromatic rings. The monoisotopic (exact) mass is 464 g/mol. The van der Waals surface area contributed by atoms with Gasteiger partial charge in [-0.2, -0.15) is 0 Å². The predicted molar refractivity (Wildman–Crippen MR) is 136 cm³/mol. The van der Waals surface area contributed by atoms with Gasteiger partial charge in [-0.15, -0.1) is 6.58 Å². The molecule has 1 amide bonds. The maximum absolute atomic E-state index is 13.7. The highest BCUT2D eigenvalue weighted by molar-refractivity contribution is 8.05. The Labute approximate surface area is 200 Å². The molecule has 33 heavy (non-hydrogen) atoms. The van der Waals surface area contributed by atoms with Crippen LogP contribution < -0.4 is 10.1 Å². The van der Waals surface area contributed by atoms with E-state index in [1.807, 2.05) is 42.5 Å². The average Bonchev–Trinajstić information content (AvgIpc) is 3.11. The summed E-state index contributed by atoms with van der Waals surface area (Å²) in [6, 6.07) is 13.9. The number of carbonyl (C=O) groups is 1. The Balaban J connectivity index is 1.69. The van der Waals surface area contributed by atoms with Gasteiger partial charge in [-0.25, -0.2) is 0 Å². The van der Waals surface area contributed by atoms with E-state index in [1.165, 1.54) is 13.5 Å². The third-order valence-corrected chi connectivity index (χ3v) is 7.60. The molecule has 174 valence electrons. The normalized spacial score (nSPS) is 24.2. The van der Waals surface area contributed by atoms with Crippen LogP contribution in [-0.2, 0) is 11.2 Å². The van der Waals surface area contributed by atoms with Crippen molar-refractivity contribution in [3.8, 4) is 11.5 Å². The minimum Gasteiger partial charge on any atom is -0.504 e. The van der Waals surface area contributed by atoms with Crippen LogP contribution in [0.3, 0.4) is 0 Å². The molecule has 1 aliphatic carbocycles. The van der Waals surface area contributed by atoms with Crippen molar-refractivity contribution < 1.29 is 14.6 Å². The molecule has 1 saturated heterocycles. The second-order valence-electron chi connectivity index (χ2n) is 8.75. The van der Waals surface area contributed by atoms with Crippen molar-refractivity contribution in [2.45, 2.75) is 50.6 Å². The van der Waals surface area contributed by atoms with E-state index in [-0.39, 0.29) is 23.2 Å². The number of ether oxygens (including phenoxy) is 1. The molecule has 1 unspecified atom stereocenters. The molecule has 0 bridgehead atoms. The highest BCUT2D eigenvalue weighted by Gasteiger charge is 2.42. The molecule has 2 aromatic carbocycles. The lowest BCUT2D eigenvalue weighted by Gasteiger charge is -2.39. The number of nitrogens with zero attached hydrogens (tertiary/aromatic N) is 1. The highest BCUT2D eigenvalue weighted by Crippen LogP contribution is 2.43. The van der Waals surface area contributed by atoms with Crippen LogP contribution in [0.5, 0.6) is 11.5 Å². The zero-order chi connectivity index (χ0) is 23.4. The number of phenolic OH excluding ortho intramolecular Hbond substituents is 1. The molecule has 2 N–H and O–H groups in total. The smallest absolute Gasteiger partial charge is 0.262 e. The minimum atomic E-state index is -0.164. The number of aromatic hydroxyl groups is 1. The first-order valence-corrected chi connectivity index (χ1v) is 12.4. The van der Waals surface area contributed by atoms with Gasteiger partial charge in [0, 0.05) is 17.3 Å². The van der Waals surface area contributed by atoms with Crippen LogP contribution in [0, 0.1) is 5.92 Å². The standard InChI is InChI=1S/C27H32N2O3S/c1-4-10-20-15-19(16-23(32-3)25(20)30)17-24-26(31)29(22-14-9-8-11-18(22)2)27(33-24)28-21-12-6-5-7-13-21/h4-7,12-13,15-18,22,27-28,30H,1,8-11,14H2,2-3H3/b24-17-/t18-,22+,27?/m1/s1. The number of carbonyl (C=O) groups excluding carboxylic acids is 1. The van der Waals surface area contributed by atoms with E-state index < -0.39 is 0 Å². The molecule has 6 heteroatoms. The van der Waals surface area contributed by atoms with Gasteiger partial charge in [-0.3, -0.25) is 4.79 Å². The van der Waals surface area contributed by atoms with Crippen LogP contribution in [0.15, 0.2) is 60.0 Å². The first-order chi connectivity index (χ1) is 16.0. The number of phenols is 1. The van der Waals surface area contributed by atoms with Crippen molar-refractivity contribution in [3.63, 3.8) is 0 Å². The molecule has 0 radical (unpaired) electrons. The first-order valence-electron chi connectivity index (χ1n) is 11.5. The van der Waals surface area contributed by atoms with E-state index in [0.29, 0.717) is 23.0 Å². The van der Waals surface area contributed by atoms with E-state index in [0.717, 1.165) is 36.1 Å². The number of allylic oxidation sites excluding steroid dienone is 1. The molecule has 0 spiro atoms. The molecule has 3 atom stereocenters. The zero-order valence-electron chi connectivity index (χ0n) is 19.3. The van der Waals surface area contributed by atoms with Gasteiger partial charge in [0.2, 0.25) is 0 Å². The van der Waals surface area contributed by atoms with Crippen LogP contribution in [0.25, 0.3) is 6.08 Å². The van der Waals surface area contributed by atoms with Crippen LogP contribution in [0.4, 0.5) is 5.69 Å². The fraction of sp³-hybridized carbons (Fsp3) is 0.370. The maximum atomic E-state index is 13.7. The average molecular weight is 465 g/mol. The fourth-order valence-electron chi connectivity index (χ4n) is 4.76. The van der Waals surface area contributed by atoms with E-state index in [4.69, 9.17) is 4.74 Å². The summed E-state index contributed by atoms with van der Waals surface area (Å²) in [7, 11) is 1.53. The second-order valence-corrected chi connectivity index (χ2v) is 9.88. The molecular formula is C27H32N2O3S. The summed E-state index contributed by atoms with van der Waals surface area (Å²) in [5.74, 6) is 1.04. The molecule has 0 aromatic heterocycles. The third kappa shape index (κ3) is 5.06. The minimum absolute atomic E-state index is 0.0597. The molecule has 1 heterocycles. The summed E-state index contributed by atoms with van der Waals surface area (Å²) in [6.07, 6.45) is 8.73. The Morgan fingerprint density at radius 2 is 2.00 bits per heavy atom. The number of rotatable bonds is 7. The van der Waals surface area contributed by atoms with Crippen LogP contribution in [0.1, 0.15) is 43.7 Å². The molecule has 1 saturated carbocycles. The zero-order valence-corrected chi connectivity index (χ0v) is 20.1. The number of nitrogens with one attached hydrogen (secondary N) is 1. The topological polar surface area (TPSA) is 61.8 Å². The number of methoxy groups -OCH3 is 1. The first kappa shape index (κ1) is 23.3. The molecule has 1 aliphatic heterocycles. The molecule has 2 fully saturated rings. The van der Waals surface area contributed by atoms with Crippen LogP contribution >= 0.6 is 11.8 Å². The van der Waals surface area contributed by atoms with Gasteiger partial charge in [0.05, 0.1) is 12.0 Å². The van der Waals surface area contributed by atoms with Crippen molar-refractivity contribution >= 4 is 29.4 Å². The summed E-state index contributed by atoms with van der Waals surface area (Å²) in [5.41, 5.74) is 2.39. The van der Waals surface area contributed by atoms with E-state index in [1.54, 1.807) is 23.9 Å². The molecular weight excluding hydrogens is 432 g/mol. The quantitative estimate of drug-likeness (QED) is 0.388. The van der Waals surface area contributed by atoms with Gasteiger partial charge < -0.3 is 20.1 Å². The van der Waals surface area contributed by atoms with E-state index in [2.05, 4.69) is 23.7 Å². The van der Waals surface area contributed by atoms with Crippen LogP contribution in [-0.4, -0.2) is 34.6 Å². The largest absolute Gasteiger partial charge is 0.504 e. The lowest BCUT2D eigenvalue weighted by molar-refractivity contribution is -0.129. The second kappa shape index (κ2) is 10.4. The summed E-state index contributed by atoms with van der Waals surface area (Å²) in [4.78, 5) is 16.4. The van der Waals surface area contributed by atoms with Crippen molar-refractivity contribution in [2.75, 3.05) is 12.4 Å². The van der Waals surface area contributed by atoms with E-state index >= 15 is 0 Å². The van der Waals surface area contributed by atoms with Gasteiger partial charge in [0.1, 0.15) is 0 Å². The lowest BCUT2D eigenvalue weighted by atomic mass is 9.85. The maximum Gasteiger partial charge on any atom is 0.262 e. The Kier molecular flexibility index (Phi) is 7.33. The number of hydrogen-bond donors (Lipinski definition) is 2. The molecule has 4 rings (SSSR count). The Morgan fingerprint density at radius 3 is 2.70 bits per heavy atom. The summed E-state index contributed by atoms with van der Waals surface area (Å²) < 4.78 is 5.37. The fourth-order valence-corrected chi connectivity index (χ4v) is 5.97. The SMILES string of the molecule is C=CCc1cc(/C=C2\SC(Nc3ccccc3)N([C@H]3CCCC[C@H]3C)C2=O)cc(OC)c1O. The summed E-state index contributed by atoms with van der Waals surface area (Å²) in [6.45, 7) is 6.04. The predicted octanol–water partition coefficient (Wildman–Crippen LogP) is 6.02. The summed E-state index contributed by atoms with van der Waals surface area (Å²) in [5, 5.41) is 14.0. The van der Waals surface area contributed by atoms with Gasteiger partial charge in [-0.05, 0) is 61.1 Å². The highest BCUT2D eigenvalue weighted by atomic mass is 32.2. The number of thioether (sulfide) groups is 1. The van der Waals surface area contributed by atoms with Gasteiger partial charge in [0.15, 0.2) is 17.0 Å². The number of anilines is 1. The molecule has 2 aliphatic rings. The Morgan fingerprint density at radius 1 is 1.24 bits per heavy atom. The van der Waals surface area contributed by atoms with Gasteiger partial charge in [-0.1, -0.05) is 55.8 Å². The number of para-hydroxylation sites is 1. The third-order valence-electron chi connectivity index (χ3n) is 6.48.